The fourth-order valence-electron chi connectivity index (χ4n) is 1.89. The molecule has 0 radical (unpaired) electrons. The van der Waals surface area contributed by atoms with Gasteiger partial charge in [0.05, 0.1) is 0 Å². The predicted octanol–water partition coefficient (Wildman–Crippen LogP) is 1.97. The van der Waals surface area contributed by atoms with Gasteiger partial charge in [0.1, 0.15) is 18.0 Å². The second kappa shape index (κ2) is 6.54. The molecule has 0 spiro atoms. The summed E-state index contributed by atoms with van der Waals surface area (Å²) >= 11 is 0. The van der Waals surface area contributed by atoms with E-state index < -0.39 is 0 Å². The number of rotatable bonds is 7. The third kappa shape index (κ3) is 3.57. The number of hydrogen-bond donors (Lipinski definition) is 3. The van der Waals surface area contributed by atoms with Gasteiger partial charge in [-0.05, 0) is 26.2 Å². The normalized spacial score (nSPS) is 14.2. The minimum atomic E-state index is -0.169. The van der Waals surface area contributed by atoms with Crippen molar-refractivity contribution in [3.63, 3.8) is 0 Å². The highest BCUT2D eigenvalue weighted by Gasteiger charge is 2.23. The zero-order valence-electron chi connectivity index (χ0n) is 11.5. The summed E-state index contributed by atoms with van der Waals surface area (Å²) < 4.78 is 0. The summed E-state index contributed by atoms with van der Waals surface area (Å²) in [7, 11) is 0. The molecule has 0 aliphatic carbocycles. The molecule has 0 fully saturated rings. The average Bonchev–Trinajstić information content (AvgIpc) is 2.34. The number of nitrogens with two attached hydrogens (primary N) is 1. The SMILES string of the molecule is CCCc1c(N)ncnc1NC(C)(CC)CCO. The van der Waals surface area contributed by atoms with Crippen LogP contribution in [-0.2, 0) is 6.42 Å². The van der Waals surface area contributed by atoms with E-state index in [1.165, 1.54) is 6.33 Å². The van der Waals surface area contributed by atoms with Crippen LogP contribution in [0.4, 0.5) is 11.6 Å². The molecular weight excluding hydrogens is 228 g/mol. The van der Waals surface area contributed by atoms with E-state index in [0.717, 1.165) is 30.6 Å². The van der Waals surface area contributed by atoms with Crippen molar-refractivity contribution in [2.75, 3.05) is 17.7 Å². The molecule has 0 saturated carbocycles. The van der Waals surface area contributed by atoms with E-state index in [1.54, 1.807) is 0 Å². The van der Waals surface area contributed by atoms with Crippen LogP contribution in [0.5, 0.6) is 0 Å². The van der Waals surface area contributed by atoms with Crippen molar-refractivity contribution in [2.45, 2.75) is 52.0 Å². The maximum absolute atomic E-state index is 9.14. The monoisotopic (exact) mass is 252 g/mol. The van der Waals surface area contributed by atoms with Gasteiger partial charge in [0.2, 0.25) is 0 Å². The number of nitrogens with one attached hydrogen (secondary N) is 1. The lowest BCUT2D eigenvalue weighted by atomic mass is 9.94. The Morgan fingerprint density at radius 1 is 1.39 bits per heavy atom. The minimum absolute atomic E-state index is 0.154. The largest absolute Gasteiger partial charge is 0.396 e. The molecular formula is C13H24N4O. The number of anilines is 2. The maximum atomic E-state index is 9.14. The Hall–Kier alpha value is -1.36. The highest BCUT2D eigenvalue weighted by Crippen LogP contribution is 2.25. The molecule has 0 saturated heterocycles. The number of aliphatic hydroxyl groups excluding tert-OH is 1. The quantitative estimate of drug-likeness (QED) is 0.691. The number of hydrogen-bond acceptors (Lipinski definition) is 5. The van der Waals surface area contributed by atoms with Crippen LogP contribution >= 0.6 is 0 Å². The second-order valence-corrected chi connectivity index (χ2v) is 4.85. The Bertz CT molecular complexity index is 383. The van der Waals surface area contributed by atoms with Crippen LogP contribution in [0.1, 0.15) is 45.6 Å². The van der Waals surface area contributed by atoms with Crippen molar-refractivity contribution in [3.8, 4) is 0 Å². The first-order valence-electron chi connectivity index (χ1n) is 6.54. The summed E-state index contributed by atoms with van der Waals surface area (Å²) in [5.74, 6) is 1.33. The summed E-state index contributed by atoms with van der Waals surface area (Å²) in [6.45, 7) is 6.42. The van der Waals surface area contributed by atoms with Gasteiger partial charge in [0.25, 0.3) is 0 Å². The lowest BCUT2D eigenvalue weighted by molar-refractivity contribution is 0.251. The molecule has 102 valence electrons. The number of aliphatic hydroxyl groups is 1. The fraction of sp³-hybridized carbons (Fsp3) is 0.692. The molecule has 5 heteroatoms. The lowest BCUT2D eigenvalue weighted by Gasteiger charge is -2.30. The number of aromatic nitrogens is 2. The Labute approximate surface area is 109 Å². The third-order valence-corrected chi connectivity index (χ3v) is 3.34. The zero-order chi connectivity index (χ0) is 13.6. The van der Waals surface area contributed by atoms with Crippen LogP contribution in [0.2, 0.25) is 0 Å². The Kier molecular flexibility index (Phi) is 5.34. The summed E-state index contributed by atoms with van der Waals surface area (Å²) in [6, 6.07) is 0. The average molecular weight is 252 g/mol. The molecule has 0 amide bonds. The topological polar surface area (TPSA) is 84.1 Å². The van der Waals surface area contributed by atoms with Crippen molar-refractivity contribution < 1.29 is 5.11 Å². The smallest absolute Gasteiger partial charge is 0.135 e. The predicted molar refractivity (Wildman–Crippen MR) is 74.5 cm³/mol. The highest BCUT2D eigenvalue weighted by atomic mass is 16.3. The van der Waals surface area contributed by atoms with Crippen LogP contribution < -0.4 is 11.1 Å². The Balaban J connectivity index is 2.98. The summed E-state index contributed by atoms with van der Waals surface area (Å²) in [4.78, 5) is 8.33. The fourth-order valence-corrected chi connectivity index (χ4v) is 1.89. The molecule has 0 aromatic carbocycles. The third-order valence-electron chi connectivity index (χ3n) is 3.34. The standard InChI is InChI=1S/C13H24N4O/c1-4-6-10-11(14)15-9-16-12(10)17-13(3,5-2)7-8-18/h9,18H,4-8H2,1-3H3,(H3,14,15,16,17). The van der Waals surface area contributed by atoms with Crippen molar-refractivity contribution in [1.29, 1.82) is 0 Å². The number of nitrogen functional groups attached to an aromatic ring is 1. The van der Waals surface area contributed by atoms with E-state index in [2.05, 4.69) is 36.1 Å². The van der Waals surface area contributed by atoms with Crippen LogP contribution in [0.3, 0.4) is 0 Å². The van der Waals surface area contributed by atoms with E-state index in [1.807, 2.05) is 0 Å². The molecule has 0 bridgehead atoms. The van der Waals surface area contributed by atoms with Crippen LogP contribution in [0.15, 0.2) is 6.33 Å². The molecule has 18 heavy (non-hydrogen) atoms. The molecule has 1 rings (SSSR count). The lowest BCUT2D eigenvalue weighted by Crippen LogP contribution is -2.36. The second-order valence-electron chi connectivity index (χ2n) is 4.85. The molecule has 4 N–H and O–H groups in total. The van der Waals surface area contributed by atoms with E-state index >= 15 is 0 Å². The van der Waals surface area contributed by atoms with Gasteiger partial charge >= 0.3 is 0 Å². The maximum Gasteiger partial charge on any atom is 0.135 e. The number of nitrogens with zero attached hydrogens (tertiary/aromatic N) is 2. The molecule has 0 aliphatic rings. The molecule has 1 unspecified atom stereocenters. The van der Waals surface area contributed by atoms with Gasteiger partial charge in [-0.15, -0.1) is 0 Å². The van der Waals surface area contributed by atoms with Gasteiger partial charge in [0, 0.05) is 17.7 Å². The molecule has 1 heterocycles. The van der Waals surface area contributed by atoms with Gasteiger partial charge in [-0.2, -0.15) is 0 Å². The van der Waals surface area contributed by atoms with Crippen LogP contribution in [0.25, 0.3) is 0 Å². The van der Waals surface area contributed by atoms with E-state index in [-0.39, 0.29) is 12.1 Å². The van der Waals surface area contributed by atoms with Crippen LogP contribution in [-0.4, -0.2) is 27.2 Å². The van der Waals surface area contributed by atoms with Gasteiger partial charge in [0.15, 0.2) is 0 Å². The van der Waals surface area contributed by atoms with Gasteiger partial charge < -0.3 is 16.2 Å². The summed E-state index contributed by atoms with van der Waals surface area (Å²) in [6.07, 6.45) is 4.91. The zero-order valence-corrected chi connectivity index (χ0v) is 11.5. The molecule has 1 atom stereocenters. The van der Waals surface area contributed by atoms with E-state index in [4.69, 9.17) is 10.8 Å². The van der Waals surface area contributed by atoms with Crippen molar-refractivity contribution in [1.82, 2.24) is 9.97 Å². The first kappa shape index (κ1) is 14.7. The van der Waals surface area contributed by atoms with Gasteiger partial charge in [-0.25, -0.2) is 9.97 Å². The first-order valence-corrected chi connectivity index (χ1v) is 6.54. The van der Waals surface area contributed by atoms with Crippen molar-refractivity contribution >= 4 is 11.6 Å². The van der Waals surface area contributed by atoms with E-state index in [0.29, 0.717) is 12.2 Å². The van der Waals surface area contributed by atoms with Crippen molar-refractivity contribution in [2.24, 2.45) is 0 Å². The summed E-state index contributed by atoms with van der Waals surface area (Å²) in [5.41, 5.74) is 6.70. The Morgan fingerprint density at radius 3 is 2.67 bits per heavy atom. The van der Waals surface area contributed by atoms with Gasteiger partial charge in [-0.3, -0.25) is 0 Å². The summed E-state index contributed by atoms with van der Waals surface area (Å²) in [5, 5.41) is 12.5. The van der Waals surface area contributed by atoms with Crippen LogP contribution in [0, 0.1) is 0 Å². The molecule has 5 nitrogen and oxygen atoms in total. The highest BCUT2D eigenvalue weighted by molar-refractivity contribution is 5.56. The van der Waals surface area contributed by atoms with Gasteiger partial charge in [-0.1, -0.05) is 20.3 Å². The molecule has 0 aliphatic heterocycles. The van der Waals surface area contributed by atoms with Crippen molar-refractivity contribution in [3.05, 3.63) is 11.9 Å². The minimum Gasteiger partial charge on any atom is -0.396 e. The van der Waals surface area contributed by atoms with E-state index in [9.17, 15) is 0 Å². The first-order chi connectivity index (χ1) is 8.56. The Morgan fingerprint density at radius 2 is 2.11 bits per heavy atom. The molecule has 1 aromatic heterocycles. The molecule has 1 aromatic rings.